The van der Waals surface area contributed by atoms with E-state index in [2.05, 4.69) is 13.8 Å². The number of nitrogen functional groups attached to an aromatic ring is 1. The maximum atomic E-state index is 11.6. The van der Waals surface area contributed by atoms with Gasteiger partial charge in [-0.15, -0.1) is 0 Å². The van der Waals surface area contributed by atoms with Crippen LogP contribution in [0.1, 0.15) is 37.0 Å². The molecule has 1 aromatic rings. The van der Waals surface area contributed by atoms with E-state index in [-0.39, 0.29) is 5.97 Å². The quantitative estimate of drug-likeness (QED) is 0.614. The van der Waals surface area contributed by atoms with E-state index in [1.54, 1.807) is 24.3 Å². The summed E-state index contributed by atoms with van der Waals surface area (Å²) in [5.41, 5.74) is 6.69. The molecule has 0 saturated heterocycles. The molecule has 0 amide bonds. The van der Waals surface area contributed by atoms with E-state index in [0.29, 0.717) is 23.8 Å². The van der Waals surface area contributed by atoms with E-state index in [9.17, 15) is 4.79 Å². The number of hydrogen-bond acceptors (Lipinski definition) is 3. The van der Waals surface area contributed by atoms with Crippen molar-refractivity contribution in [2.75, 3.05) is 12.3 Å². The van der Waals surface area contributed by atoms with Crippen molar-refractivity contribution >= 4 is 11.7 Å². The fraction of sp³-hybridized carbons (Fsp3) is 0.462. The molecular weight excluding hydrogens is 202 g/mol. The van der Waals surface area contributed by atoms with E-state index >= 15 is 0 Å². The molecule has 1 atom stereocenters. The van der Waals surface area contributed by atoms with Gasteiger partial charge in [-0.25, -0.2) is 4.79 Å². The second kappa shape index (κ2) is 6.16. The van der Waals surface area contributed by atoms with Gasteiger partial charge in [-0.2, -0.15) is 0 Å². The van der Waals surface area contributed by atoms with E-state index in [1.807, 2.05) is 0 Å². The average molecular weight is 221 g/mol. The number of anilines is 1. The summed E-state index contributed by atoms with van der Waals surface area (Å²) >= 11 is 0. The fourth-order valence-electron chi connectivity index (χ4n) is 1.54. The Hall–Kier alpha value is -1.51. The van der Waals surface area contributed by atoms with Crippen molar-refractivity contribution < 1.29 is 9.53 Å². The molecule has 3 nitrogen and oxygen atoms in total. The number of esters is 1. The first-order valence-corrected chi connectivity index (χ1v) is 5.66. The van der Waals surface area contributed by atoms with Crippen molar-refractivity contribution in [1.82, 2.24) is 0 Å². The molecule has 0 aromatic heterocycles. The SMILES string of the molecule is CCCC(C)COC(=O)c1cccc(N)c1. The standard InChI is InChI=1S/C13H19NO2/c1-3-5-10(2)9-16-13(15)11-6-4-7-12(14)8-11/h4,6-8,10H,3,5,9,14H2,1-2H3. The molecule has 0 aliphatic carbocycles. The van der Waals surface area contributed by atoms with Gasteiger partial charge in [0.2, 0.25) is 0 Å². The van der Waals surface area contributed by atoms with Crippen molar-refractivity contribution in [3.05, 3.63) is 29.8 Å². The van der Waals surface area contributed by atoms with Gasteiger partial charge >= 0.3 is 5.97 Å². The third-order valence-corrected chi connectivity index (χ3v) is 2.40. The first-order chi connectivity index (χ1) is 7.63. The van der Waals surface area contributed by atoms with Gasteiger partial charge in [-0.05, 0) is 30.5 Å². The highest BCUT2D eigenvalue weighted by molar-refractivity contribution is 5.90. The Morgan fingerprint density at radius 3 is 2.88 bits per heavy atom. The summed E-state index contributed by atoms with van der Waals surface area (Å²) in [4.78, 5) is 11.6. The van der Waals surface area contributed by atoms with Crippen LogP contribution in [0.5, 0.6) is 0 Å². The van der Waals surface area contributed by atoms with E-state index in [1.165, 1.54) is 0 Å². The van der Waals surface area contributed by atoms with Crippen molar-refractivity contribution in [3.63, 3.8) is 0 Å². The molecule has 0 aliphatic heterocycles. The van der Waals surface area contributed by atoms with Gasteiger partial charge in [-0.1, -0.05) is 26.3 Å². The lowest BCUT2D eigenvalue weighted by Crippen LogP contribution is -2.12. The lowest BCUT2D eigenvalue weighted by Gasteiger charge is -2.10. The van der Waals surface area contributed by atoms with Crippen LogP contribution in [0, 0.1) is 5.92 Å². The predicted octanol–water partition coefficient (Wildman–Crippen LogP) is 2.86. The molecule has 16 heavy (non-hydrogen) atoms. The summed E-state index contributed by atoms with van der Waals surface area (Å²) in [6, 6.07) is 6.84. The second-order valence-electron chi connectivity index (χ2n) is 4.12. The Kier molecular flexibility index (Phi) is 4.83. The highest BCUT2D eigenvalue weighted by Crippen LogP contribution is 2.10. The summed E-state index contributed by atoms with van der Waals surface area (Å²) in [6.45, 7) is 4.67. The summed E-state index contributed by atoms with van der Waals surface area (Å²) in [5.74, 6) is 0.116. The van der Waals surface area contributed by atoms with Gasteiger partial charge in [-0.3, -0.25) is 0 Å². The van der Waals surface area contributed by atoms with E-state index in [0.717, 1.165) is 12.8 Å². The molecule has 3 heteroatoms. The van der Waals surface area contributed by atoms with E-state index < -0.39 is 0 Å². The van der Waals surface area contributed by atoms with Gasteiger partial charge in [0.05, 0.1) is 12.2 Å². The monoisotopic (exact) mass is 221 g/mol. The Bertz CT molecular complexity index is 350. The van der Waals surface area contributed by atoms with Crippen LogP contribution in [0.4, 0.5) is 5.69 Å². The predicted molar refractivity (Wildman–Crippen MR) is 65.2 cm³/mol. The number of nitrogens with two attached hydrogens (primary N) is 1. The smallest absolute Gasteiger partial charge is 0.338 e. The summed E-state index contributed by atoms with van der Waals surface area (Å²) in [6.07, 6.45) is 2.18. The van der Waals surface area contributed by atoms with Crippen LogP contribution in [0.2, 0.25) is 0 Å². The van der Waals surface area contributed by atoms with Gasteiger partial charge < -0.3 is 10.5 Å². The lowest BCUT2D eigenvalue weighted by molar-refractivity contribution is 0.0443. The third kappa shape index (κ3) is 3.93. The van der Waals surface area contributed by atoms with Crippen molar-refractivity contribution in [2.45, 2.75) is 26.7 Å². The average Bonchev–Trinajstić information content (AvgIpc) is 2.26. The van der Waals surface area contributed by atoms with Crippen LogP contribution in [-0.4, -0.2) is 12.6 Å². The lowest BCUT2D eigenvalue weighted by atomic mass is 10.1. The van der Waals surface area contributed by atoms with Gasteiger partial charge in [0.25, 0.3) is 0 Å². The number of benzene rings is 1. The number of carbonyl (C=O) groups is 1. The van der Waals surface area contributed by atoms with Crippen LogP contribution in [-0.2, 0) is 4.74 Å². The molecule has 1 unspecified atom stereocenters. The molecular formula is C13H19NO2. The number of rotatable bonds is 5. The molecule has 0 aliphatic rings. The highest BCUT2D eigenvalue weighted by Gasteiger charge is 2.09. The van der Waals surface area contributed by atoms with E-state index in [4.69, 9.17) is 10.5 Å². The van der Waals surface area contributed by atoms with Crippen LogP contribution < -0.4 is 5.73 Å². The molecule has 2 N–H and O–H groups in total. The van der Waals surface area contributed by atoms with Gasteiger partial charge in [0.1, 0.15) is 0 Å². The van der Waals surface area contributed by atoms with Crippen molar-refractivity contribution in [1.29, 1.82) is 0 Å². The fourth-order valence-corrected chi connectivity index (χ4v) is 1.54. The Morgan fingerprint density at radius 1 is 1.50 bits per heavy atom. The van der Waals surface area contributed by atoms with Crippen LogP contribution in [0.3, 0.4) is 0 Å². The molecule has 0 spiro atoms. The summed E-state index contributed by atoms with van der Waals surface area (Å²) < 4.78 is 5.20. The topological polar surface area (TPSA) is 52.3 Å². The Morgan fingerprint density at radius 2 is 2.25 bits per heavy atom. The molecule has 0 heterocycles. The molecule has 1 aromatic carbocycles. The number of carbonyl (C=O) groups excluding carboxylic acids is 1. The molecule has 88 valence electrons. The maximum absolute atomic E-state index is 11.6. The van der Waals surface area contributed by atoms with Crippen molar-refractivity contribution in [2.24, 2.45) is 5.92 Å². The maximum Gasteiger partial charge on any atom is 0.338 e. The van der Waals surface area contributed by atoms with Crippen LogP contribution >= 0.6 is 0 Å². The van der Waals surface area contributed by atoms with Gasteiger partial charge in [0, 0.05) is 5.69 Å². The number of hydrogen-bond donors (Lipinski definition) is 1. The first kappa shape index (κ1) is 12.6. The summed E-state index contributed by atoms with van der Waals surface area (Å²) in [7, 11) is 0. The zero-order chi connectivity index (χ0) is 12.0. The molecule has 0 bridgehead atoms. The minimum atomic E-state index is -0.296. The first-order valence-electron chi connectivity index (χ1n) is 5.66. The molecule has 0 saturated carbocycles. The molecule has 0 fully saturated rings. The summed E-state index contributed by atoms with van der Waals surface area (Å²) in [5, 5.41) is 0. The van der Waals surface area contributed by atoms with Crippen LogP contribution in [0.15, 0.2) is 24.3 Å². The molecule has 1 rings (SSSR count). The van der Waals surface area contributed by atoms with Gasteiger partial charge in [0.15, 0.2) is 0 Å². The minimum absolute atomic E-state index is 0.296. The Labute approximate surface area is 96.6 Å². The van der Waals surface area contributed by atoms with Crippen molar-refractivity contribution in [3.8, 4) is 0 Å². The zero-order valence-electron chi connectivity index (χ0n) is 9.90. The number of ether oxygens (including phenoxy) is 1. The minimum Gasteiger partial charge on any atom is -0.462 e. The van der Waals surface area contributed by atoms with Crippen LogP contribution in [0.25, 0.3) is 0 Å². The third-order valence-electron chi connectivity index (χ3n) is 2.40. The second-order valence-corrected chi connectivity index (χ2v) is 4.12. The molecule has 0 radical (unpaired) electrons. The zero-order valence-corrected chi connectivity index (χ0v) is 9.90. The highest BCUT2D eigenvalue weighted by atomic mass is 16.5. The Balaban J connectivity index is 2.47. The largest absolute Gasteiger partial charge is 0.462 e. The normalized spacial score (nSPS) is 12.1.